The summed E-state index contributed by atoms with van der Waals surface area (Å²) in [6.07, 6.45) is 0. The largest absolute Gasteiger partial charge is 0.403 e. The fourth-order valence-electron chi connectivity index (χ4n) is 3.11. The quantitative estimate of drug-likeness (QED) is 0.322. The Hall–Kier alpha value is -2.51. The van der Waals surface area contributed by atoms with Crippen LogP contribution in [0.1, 0.15) is 5.56 Å². The molecule has 0 amide bonds. The van der Waals surface area contributed by atoms with E-state index in [4.69, 9.17) is 0 Å². The maximum Gasteiger partial charge on any atom is 0.403 e. The molecule has 3 rings (SSSR count). The highest BCUT2D eigenvalue weighted by molar-refractivity contribution is 6.96. The van der Waals surface area contributed by atoms with Gasteiger partial charge in [0.25, 0.3) is 0 Å². The lowest BCUT2D eigenvalue weighted by Crippen LogP contribution is -2.58. The summed E-state index contributed by atoms with van der Waals surface area (Å²) in [6.45, 7) is 0.932. The van der Waals surface area contributed by atoms with Gasteiger partial charge in [-0.15, -0.1) is 0 Å². The van der Waals surface area contributed by atoms with Gasteiger partial charge < -0.3 is 0 Å². The second-order valence-electron chi connectivity index (χ2n) is 6.30. The van der Waals surface area contributed by atoms with E-state index in [0.29, 0.717) is 12.1 Å². The Kier molecular flexibility index (Phi) is 5.89. The van der Waals surface area contributed by atoms with E-state index in [0.717, 1.165) is 6.92 Å². The van der Waals surface area contributed by atoms with E-state index >= 15 is 0 Å². The van der Waals surface area contributed by atoms with Crippen molar-refractivity contribution in [3.8, 4) is 0 Å². The molecule has 0 aliphatic heterocycles. The van der Waals surface area contributed by atoms with Crippen molar-refractivity contribution in [1.82, 2.24) is 0 Å². The fourth-order valence-corrected chi connectivity index (χ4v) is 6.48. The maximum atomic E-state index is 14.5. The molecule has 156 valence electrons. The average Bonchev–Trinajstić information content (AvgIpc) is 2.66. The van der Waals surface area contributed by atoms with Gasteiger partial charge in [0.1, 0.15) is 34.9 Å². The molecule has 0 N–H and O–H groups in total. The maximum absolute atomic E-state index is 14.5. The Labute approximate surface area is 166 Å². The molecule has 3 aromatic carbocycles. The predicted octanol–water partition coefficient (Wildman–Crippen LogP) is 3.90. The Balaban J connectivity index is 2.56. The second-order valence-corrected chi connectivity index (χ2v) is 8.94. The zero-order valence-electron chi connectivity index (χ0n) is 14.7. The minimum absolute atomic E-state index is 0.197. The molecule has 0 saturated heterocycles. The Morgan fingerprint density at radius 3 is 1.23 bits per heavy atom. The fraction of sp³-hybridized carbons (Fsp3) is 0.0526. The van der Waals surface area contributed by atoms with Crippen LogP contribution in [0.15, 0.2) is 24.3 Å². The molecule has 3 aromatic rings. The van der Waals surface area contributed by atoms with E-state index in [1.807, 2.05) is 0 Å². The molecular formula is C19H7AlF10. The third kappa shape index (κ3) is 3.57. The van der Waals surface area contributed by atoms with Crippen molar-refractivity contribution in [3.05, 3.63) is 88.0 Å². The lowest BCUT2D eigenvalue weighted by atomic mass is 10.2. The second kappa shape index (κ2) is 7.96. The molecular weight excluding hydrogens is 445 g/mol. The molecule has 0 heterocycles. The van der Waals surface area contributed by atoms with Gasteiger partial charge in [0.05, 0.1) is 0 Å². The third-order valence-corrected chi connectivity index (χ3v) is 7.92. The predicted molar refractivity (Wildman–Crippen MR) is 88.3 cm³/mol. The summed E-state index contributed by atoms with van der Waals surface area (Å²) in [6, 6.07) is 0.371. The Morgan fingerprint density at radius 2 is 0.867 bits per heavy atom. The van der Waals surface area contributed by atoms with Crippen LogP contribution in [-0.4, -0.2) is 14.1 Å². The smallest absolute Gasteiger partial charge is 0.207 e. The van der Waals surface area contributed by atoms with Crippen LogP contribution in [0.4, 0.5) is 43.9 Å². The first-order valence-electron chi connectivity index (χ1n) is 8.07. The molecule has 0 aromatic heterocycles. The van der Waals surface area contributed by atoms with Crippen molar-refractivity contribution in [2.24, 2.45) is 0 Å². The molecule has 0 fully saturated rings. The summed E-state index contributed by atoms with van der Waals surface area (Å²) in [7, 11) is 0. The topological polar surface area (TPSA) is 0 Å². The number of benzene rings is 3. The molecule has 0 aliphatic rings. The van der Waals surface area contributed by atoms with Crippen molar-refractivity contribution < 1.29 is 43.9 Å². The molecule has 0 spiro atoms. The number of halogens is 10. The molecule has 11 heteroatoms. The lowest BCUT2D eigenvalue weighted by molar-refractivity contribution is 0.459. The highest BCUT2D eigenvalue weighted by atomic mass is 27.2. The van der Waals surface area contributed by atoms with Gasteiger partial charge in [0, 0.05) is 18.2 Å². The van der Waals surface area contributed by atoms with Crippen LogP contribution in [0.25, 0.3) is 0 Å². The van der Waals surface area contributed by atoms with Gasteiger partial charge in [0.2, 0.25) is 0 Å². The highest BCUT2D eigenvalue weighted by Crippen LogP contribution is 2.18. The van der Waals surface area contributed by atoms with Gasteiger partial charge in [-0.1, -0.05) is 4.43 Å². The zero-order chi connectivity index (χ0) is 22.5. The van der Waals surface area contributed by atoms with Crippen LogP contribution in [0.3, 0.4) is 0 Å². The van der Waals surface area contributed by atoms with Crippen LogP contribution < -0.4 is 13.3 Å². The third-order valence-electron chi connectivity index (χ3n) is 4.53. The van der Waals surface area contributed by atoms with Gasteiger partial charge in [0.15, 0.2) is 23.3 Å². The zero-order valence-corrected chi connectivity index (χ0v) is 15.8. The van der Waals surface area contributed by atoms with Gasteiger partial charge in [-0.3, -0.25) is 0 Å². The van der Waals surface area contributed by atoms with Crippen molar-refractivity contribution in [1.29, 1.82) is 0 Å². The number of rotatable bonds is 3. The van der Waals surface area contributed by atoms with Crippen LogP contribution in [0.2, 0.25) is 0 Å². The van der Waals surface area contributed by atoms with Crippen molar-refractivity contribution in [3.63, 3.8) is 0 Å². The lowest BCUT2D eigenvalue weighted by Gasteiger charge is -2.20. The number of hydrogen-bond acceptors (Lipinski definition) is 0. The van der Waals surface area contributed by atoms with E-state index in [1.165, 1.54) is 0 Å². The van der Waals surface area contributed by atoms with Crippen LogP contribution in [-0.2, 0) is 0 Å². The molecule has 0 radical (unpaired) electrons. The summed E-state index contributed by atoms with van der Waals surface area (Å²) in [5.74, 6) is -19.0. The summed E-state index contributed by atoms with van der Waals surface area (Å²) >= 11 is -4.61. The van der Waals surface area contributed by atoms with E-state index in [-0.39, 0.29) is 12.1 Å². The summed E-state index contributed by atoms with van der Waals surface area (Å²) in [5.41, 5.74) is -0.583. The van der Waals surface area contributed by atoms with Crippen molar-refractivity contribution >= 4 is 27.4 Å². The van der Waals surface area contributed by atoms with Gasteiger partial charge in [-0.25, -0.2) is 43.9 Å². The van der Waals surface area contributed by atoms with E-state index in [2.05, 4.69) is 0 Å². The molecule has 30 heavy (non-hydrogen) atoms. The van der Waals surface area contributed by atoms with Crippen molar-refractivity contribution in [2.75, 3.05) is 0 Å². The molecule has 0 bridgehead atoms. The van der Waals surface area contributed by atoms with E-state index in [1.54, 1.807) is 0 Å². The standard InChI is InChI=1S/C7H5F2.2C6HF4.Al/c1-5-2-3-6(8)4-7(5)9;2*7-3-1-4(8)6(10)2-5(3)9;/h3-4H,1H3;2*1H;. The SMILES string of the molecule is Cc1c(F)cc(F)c[c]1[Al]([c]1c(F)c(F)cc(F)c1F)[c]1c(F)c(F)cc(F)c1F. The molecule has 0 atom stereocenters. The Bertz CT molecular complexity index is 1060. The number of hydrogen-bond donors (Lipinski definition) is 0. The van der Waals surface area contributed by atoms with E-state index < -0.39 is 91.2 Å². The minimum atomic E-state index is -4.61. The van der Waals surface area contributed by atoms with Crippen LogP contribution in [0, 0.1) is 65.1 Å². The van der Waals surface area contributed by atoms with Gasteiger partial charge in [-0.05, 0) is 27.4 Å². The molecule has 0 unspecified atom stereocenters. The molecule has 0 nitrogen and oxygen atoms in total. The first kappa shape index (κ1) is 22.2. The van der Waals surface area contributed by atoms with E-state index in [9.17, 15) is 43.9 Å². The Morgan fingerprint density at radius 1 is 0.500 bits per heavy atom. The molecule has 0 aliphatic carbocycles. The normalized spacial score (nSPS) is 11.2. The summed E-state index contributed by atoms with van der Waals surface area (Å²) < 4.78 is 137. The summed E-state index contributed by atoms with van der Waals surface area (Å²) in [5, 5.41) is 0. The van der Waals surface area contributed by atoms with Crippen molar-refractivity contribution in [2.45, 2.75) is 6.92 Å². The van der Waals surface area contributed by atoms with Crippen LogP contribution >= 0.6 is 0 Å². The summed E-state index contributed by atoms with van der Waals surface area (Å²) in [4.78, 5) is 0. The highest BCUT2D eigenvalue weighted by Gasteiger charge is 2.41. The first-order chi connectivity index (χ1) is 14.0. The monoisotopic (exact) mass is 452 g/mol. The minimum Gasteiger partial charge on any atom is -0.207 e. The molecule has 0 saturated carbocycles. The van der Waals surface area contributed by atoms with Crippen LogP contribution in [0.5, 0.6) is 0 Å². The van der Waals surface area contributed by atoms with Gasteiger partial charge >= 0.3 is 14.1 Å². The van der Waals surface area contributed by atoms with Gasteiger partial charge in [-0.2, -0.15) is 0 Å². The first-order valence-corrected chi connectivity index (χ1v) is 9.80. The average molecular weight is 452 g/mol.